The van der Waals surface area contributed by atoms with Crippen molar-refractivity contribution in [1.29, 1.82) is 0 Å². The van der Waals surface area contributed by atoms with Crippen LogP contribution in [-0.4, -0.2) is 38.4 Å². The van der Waals surface area contributed by atoms with E-state index < -0.39 is 18.0 Å². The second-order valence-electron chi connectivity index (χ2n) is 4.48. The van der Waals surface area contributed by atoms with Gasteiger partial charge in [-0.2, -0.15) is 0 Å². The van der Waals surface area contributed by atoms with E-state index in [1.54, 1.807) is 13.0 Å². The van der Waals surface area contributed by atoms with Gasteiger partial charge in [-0.15, -0.1) is 0 Å². The van der Waals surface area contributed by atoms with Crippen molar-refractivity contribution < 1.29 is 28.5 Å². The zero-order chi connectivity index (χ0) is 14.7. The molecule has 2 rings (SSSR count). The minimum atomic E-state index is -0.852. The maximum atomic E-state index is 12.0. The number of carbonyl (C=O) groups is 2. The summed E-state index contributed by atoms with van der Waals surface area (Å²) in [6.07, 6.45) is -0.721. The van der Waals surface area contributed by atoms with E-state index in [4.69, 9.17) is 18.9 Å². The van der Waals surface area contributed by atoms with Gasteiger partial charge >= 0.3 is 11.9 Å². The van der Waals surface area contributed by atoms with Gasteiger partial charge in [0.25, 0.3) is 0 Å². The zero-order valence-corrected chi connectivity index (χ0v) is 11.5. The Morgan fingerprint density at radius 1 is 1.20 bits per heavy atom. The molecule has 6 heteroatoms. The lowest BCUT2D eigenvalue weighted by Gasteiger charge is -2.10. The van der Waals surface area contributed by atoms with Crippen LogP contribution in [0.5, 0.6) is 11.5 Å². The number of methoxy groups -OCH3 is 2. The number of hydrogen-bond acceptors (Lipinski definition) is 6. The normalized spacial score (nSPS) is 21.2. The average molecular weight is 280 g/mol. The molecule has 1 aromatic carbocycles. The van der Waals surface area contributed by atoms with Crippen molar-refractivity contribution in [3.8, 4) is 11.5 Å². The van der Waals surface area contributed by atoms with Crippen molar-refractivity contribution >= 4 is 11.9 Å². The maximum Gasteiger partial charge on any atom is 0.347 e. The molecule has 0 bridgehead atoms. The lowest BCUT2D eigenvalue weighted by atomic mass is 10.2. The summed E-state index contributed by atoms with van der Waals surface area (Å²) in [5, 5.41) is 0. The highest BCUT2D eigenvalue weighted by molar-refractivity contribution is 5.92. The lowest BCUT2D eigenvalue weighted by molar-refractivity contribution is -0.147. The average Bonchev–Trinajstić information content (AvgIpc) is 2.76. The van der Waals surface area contributed by atoms with Crippen LogP contribution in [0.4, 0.5) is 0 Å². The highest BCUT2D eigenvalue weighted by Gasteiger charge is 2.35. The van der Waals surface area contributed by atoms with Crippen LogP contribution in [0.2, 0.25) is 0 Å². The van der Waals surface area contributed by atoms with Gasteiger partial charge in [-0.3, -0.25) is 0 Å². The smallest absolute Gasteiger partial charge is 0.347 e. The van der Waals surface area contributed by atoms with Crippen molar-refractivity contribution in [1.82, 2.24) is 0 Å². The van der Waals surface area contributed by atoms with Crippen LogP contribution in [0.1, 0.15) is 23.7 Å². The van der Waals surface area contributed by atoms with Crippen molar-refractivity contribution in [3.63, 3.8) is 0 Å². The summed E-state index contributed by atoms with van der Waals surface area (Å²) in [6.45, 7) is 1.75. The van der Waals surface area contributed by atoms with Gasteiger partial charge in [0.05, 0.1) is 19.8 Å². The van der Waals surface area contributed by atoms with Crippen LogP contribution in [0, 0.1) is 0 Å². The van der Waals surface area contributed by atoms with E-state index in [1.165, 1.54) is 26.4 Å². The van der Waals surface area contributed by atoms with Crippen molar-refractivity contribution in [3.05, 3.63) is 23.8 Å². The van der Waals surface area contributed by atoms with E-state index in [0.29, 0.717) is 17.9 Å². The maximum absolute atomic E-state index is 12.0. The van der Waals surface area contributed by atoms with Gasteiger partial charge in [0, 0.05) is 12.5 Å². The first-order valence-corrected chi connectivity index (χ1v) is 6.18. The molecule has 1 aliphatic rings. The van der Waals surface area contributed by atoms with Gasteiger partial charge in [0.2, 0.25) is 6.10 Å². The van der Waals surface area contributed by atoms with Gasteiger partial charge < -0.3 is 18.9 Å². The van der Waals surface area contributed by atoms with Crippen molar-refractivity contribution in [2.24, 2.45) is 0 Å². The van der Waals surface area contributed by atoms with Crippen LogP contribution >= 0.6 is 0 Å². The van der Waals surface area contributed by atoms with E-state index in [-0.39, 0.29) is 11.7 Å². The number of rotatable bonds is 4. The molecular weight excluding hydrogens is 264 g/mol. The van der Waals surface area contributed by atoms with E-state index >= 15 is 0 Å². The van der Waals surface area contributed by atoms with E-state index in [2.05, 4.69) is 0 Å². The molecular formula is C14H16O6. The molecule has 1 heterocycles. The summed E-state index contributed by atoms with van der Waals surface area (Å²) < 4.78 is 20.2. The van der Waals surface area contributed by atoms with Gasteiger partial charge in [0.15, 0.2) is 0 Å². The molecule has 108 valence electrons. The molecule has 6 nitrogen and oxygen atoms in total. The number of hydrogen-bond donors (Lipinski definition) is 0. The van der Waals surface area contributed by atoms with Crippen LogP contribution in [0.3, 0.4) is 0 Å². The highest BCUT2D eigenvalue weighted by atomic mass is 16.6. The standard InChI is InChI=1S/C14H16O6/c1-8-4-12(14(16)19-8)20-13(15)9-5-10(17-2)7-11(6-9)18-3/h5-8,12H,4H2,1-3H3/t8-,12-/m0/s1. The molecule has 0 saturated carbocycles. The second kappa shape index (κ2) is 5.81. The molecule has 0 aliphatic carbocycles. The van der Waals surface area contributed by atoms with Gasteiger partial charge in [-0.05, 0) is 19.1 Å². The molecule has 1 aromatic rings. The quantitative estimate of drug-likeness (QED) is 0.779. The Morgan fingerprint density at radius 2 is 1.80 bits per heavy atom. The Hall–Kier alpha value is -2.24. The first-order chi connectivity index (χ1) is 9.53. The monoisotopic (exact) mass is 280 g/mol. The highest BCUT2D eigenvalue weighted by Crippen LogP contribution is 2.24. The zero-order valence-electron chi connectivity index (χ0n) is 11.5. The molecule has 0 N–H and O–H groups in total. The third-order valence-electron chi connectivity index (χ3n) is 2.96. The number of cyclic esters (lactones) is 1. The van der Waals surface area contributed by atoms with Crippen molar-refractivity contribution in [2.75, 3.05) is 14.2 Å². The predicted octanol–water partition coefficient (Wildman–Crippen LogP) is 1.56. The lowest BCUT2D eigenvalue weighted by Crippen LogP contribution is -2.22. The molecule has 0 unspecified atom stereocenters. The Kier molecular flexibility index (Phi) is 4.12. The molecule has 1 saturated heterocycles. The Morgan fingerprint density at radius 3 is 2.25 bits per heavy atom. The SMILES string of the molecule is COc1cc(OC)cc(C(=O)O[C@H]2C[C@H](C)OC2=O)c1. The van der Waals surface area contributed by atoms with Crippen LogP contribution < -0.4 is 9.47 Å². The molecule has 0 radical (unpaired) electrons. The summed E-state index contributed by atoms with van der Waals surface area (Å²) in [5.41, 5.74) is 0.258. The molecule has 0 amide bonds. The molecule has 1 aliphatic heterocycles. The third-order valence-corrected chi connectivity index (χ3v) is 2.96. The van der Waals surface area contributed by atoms with Gasteiger partial charge in [-0.1, -0.05) is 0 Å². The Balaban J connectivity index is 2.14. The number of carbonyl (C=O) groups excluding carboxylic acids is 2. The fourth-order valence-corrected chi connectivity index (χ4v) is 1.94. The number of esters is 2. The van der Waals surface area contributed by atoms with E-state index in [0.717, 1.165) is 0 Å². The minimum absolute atomic E-state index is 0.236. The Bertz CT molecular complexity index is 502. The minimum Gasteiger partial charge on any atom is -0.497 e. The van der Waals surface area contributed by atoms with Gasteiger partial charge in [-0.25, -0.2) is 9.59 Å². The largest absolute Gasteiger partial charge is 0.497 e. The fraction of sp³-hybridized carbons (Fsp3) is 0.429. The molecule has 2 atom stereocenters. The van der Waals surface area contributed by atoms with Crippen LogP contribution in [0.15, 0.2) is 18.2 Å². The molecule has 0 spiro atoms. The summed E-state index contributed by atoms with van der Waals surface area (Å²) in [5.74, 6) is -0.184. The predicted molar refractivity (Wildman–Crippen MR) is 68.9 cm³/mol. The second-order valence-corrected chi connectivity index (χ2v) is 4.48. The first-order valence-electron chi connectivity index (χ1n) is 6.18. The summed E-state index contributed by atoms with van der Waals surface area (Å²) in [7, 11) is 2.97. The van der Waals surface area contributed by atoms with Crippen LogP contribution in [0.25, 0.3) is 0 Å². The fourth-order valence-electron chi connectivity index (χ4n) is 1.94. The van der Waals surface area contributed by atoms with E-state index in [1.807, 2.05) is 0 Å². The first kappa shape index (κ1) is 14.2. The van der Waals surface area contributed by atoms with Crippen LogP contribution in [-0.2, 0) is 14.3 Å². The number of benzene rings is 1. The summed E-state index contributed by atoms with van der Waals surface area (Å²) in [4.78, 5) is 23.5. The Labute approximate surface area is 116 Å². The van der Waals surface area contributed by atoms with Crippen molar-refractivity contribution in [2.45, 2.75) is 25.6 Å². The summed E-state index contributed by atoms with van der Waals surface area (Å²) in [6, 6.07) is 4.69. The molecule has 0 aromatic heterocycles. The van der Waals surface area contributed by atoms with Gasteiger partial charge in [0.1, 0.15) is 17.6 Å². The molecule has 1 fully saturated rings. The number of ether oxygens (including phenoxy) is 4. The summed E-state index contributed by atoms with van der Waals surface area (Å²) >= 11 is 0. The topological polar surface area (TPSA) is 71.1 Å². The third kappa shape index (κ3) is 3.01. The van der Waals surface area contributed by atoms with E-state index in [9.17, 15) is 9.59 Å². The molecule has 20 heavy (non-hydrogen) atoms.